The molecule has 18 heavy (non-hydrogen) atoms. The standard InChI is InChI=1S/C14H21ClN2S/c1-2-18-11-10-16-6-8-17(9-7-16)14-5-3-4-13(15)12-14/h3-5,12H,2,6-11H2,1H3. The molecule has 2 rings (SSSR count). The molecular weight excluding hydrogens is 264 g/mol. The summed E-state index contributed by atoms with van der Waals surface area (Å²) in [4.78, 5) is 4.99. The molecule has 0 atom stereocenters. The lowest BCUT2D eigenvalue weighted by Crippen LogP contribution is -2.47. The quantitative estimate of drug-likeness (QED) is 0.767. The second-order valence-corrected chi connectivity index (χ2v) is 6.34. The van der Waals surface area contributed by atoms with Crippen molar-refractivity contribution in [3.05, 3.63) is 29.3 Å². The van der Waals surface area contributed by atoms with Crippen LogP contribution in [0.3, 0.4) is 0 Å². The highest BCUT2D eigenvalue weighted by Gasteiger charge is 2.16. The molecule has 0 N–H and O–H groups in total. The third-order valence-corrected chi connectivity index (χ3v) is 4.42. The Labute approximate surface area is 119 Å². The lowest BCUT2D eigenvalue weighted by Gasteiger charge is -2.36. The van der Waals surface area contributed by atoms with Crippen molar-refractivity contribution in [3.63, 3.8) is 0 Å². The first-order valence-corrected chi connectivity index (χ1v) is 8.13. The van der Waals surface area contributed by atoms with Crippen molar-refractivity contribution < 1.29 is 0 Å². The van der Waals surface area contributed by atoms with Crippen molar-refractivity contribution in [1.29, 1.82) is 0 Å². The molecule has 1 fully saturated rings. The molecule has 0 bridgehead atoms. The number of anilines is 1. The fourth-order valence-electron chi connectivity index (χ4n) is 2.24. The summed E-state index contributed by atoms with van der Waals surface area (Å²) in [6.45, 7) is 7.99. The minimum atomic E-state index is 0.828. The van der Waals surface area contributed by atoms with E-state index in [2.05, 4.69) is 28.9 Å². The summed E-state index contributed by atoms with van der Waals surface area (Å²) < 4.78 is 0. The number of halogens is 1. The van der Waals surface area contributed by atoms with Crippen molar-refractivity contribution in [3.8, 4) is 0 Å². The number of nitrogens with zero attached hydrogens (tertiary/aromatic N) is 2. The van der Waals surface area contributed by atoms with Crippen LogP contribution in [-0.4, -0.2) is 49.1 Å². The Kier molecular flexibility index (Phi) is 5.67. The average molecular weight is 285 g/mol. The molecule has 1 aromatic carbocycles. The maximum Gasteiger partial charge on any atom is 0.0426 e. The molecule has 0 unspecified atom stereocenters. The van der Waals surface area contributed by atoms with Crippen molar-refractivity contribution in [1.82, 2.24) is 4.90 Å². The van der Waals surface area contributed by atoms with Crippen LogP contribution in [0.5, 0.6) is 0 Å². The smallest absolute Gasteiger partial charge is 0.0426 e. The molecule has 0 aliphatic carbocycles. The summed E-state index contributed by atoms with van der Waals surface area (Å²) in [5, 5.41) is 0.828. The van der Waals surface area contributed by atoms with Crippen LogP contribution in [0.2, 0.25) is 5.02 Å². The van der Waals surface area contributed by atoms with Crippen molar-refractivity contribution in [2.24, 2.45) is 0 Å². The van der Waals surface area contributed by atoms with Gasteiger partial charge in [-0.3, -0.25) is 4.90 Å². The molecule has 2 nitrogen and oxygen atoms in total. The van der Waals surface area contributed by atoms with Crippen molar-refractivity contribution in [2.75, 3.05) is 49.1 Å². The van der Waals surface area contributed by atoms with Gasteiger partial charge in [-0.1, -0.05) is 24.6 Å². The van der Waals surface area contributed by atoms with E-state index < -0.39 is 0 Å². The van der Waals surface area contributed by atoms with Crippen LogP contribution < -0.4 is 4.90 Å². The van der Waals surface area contributed by atoms with E-state index in [0.29, 0.717) is 0 Å². The Morgan fingerprint density at radius 3 is 2.67 bits per heavy atom. The molecular formula is C14H21ClN2S. The van der Waals surface area contributed by atoms with E-state index in [1.165, 1.54) is 23.7 Å². The highest BCUT2D eigenvalue weighted by molar-refractivity contribution is 7.99. The van der Waals surface area contributed by atoms with E-state index in [1.807, 2.05) is 23.9 Å². The van der Waals surface area contributed by atoms with Crippen LogP contribution >= 0.6 is 23.4 Å². The summed E-state index contributed by atoms with van der Waals surface area (Å²) in [6, 6.07) is 8.17. The third kappa shape index (κ3) is 4.08. The number of benzene rings is 1. The zero-order valence-corrected chi connectivity index (χ0v) is 12.5. The third-order valence-electron chi connectivity index (χ3n) is 3.30. The number of piperazine rings is 1. The molecule has 4 heteroatoms. The zero-order chi connectivity index (χ0) is 12.8. The molecule has 0 spiro atoms. The van der Waals surface area contributed by atoms with Gasteiger partial charge in [0.05, 0.1) is 0 Å². The fraction of sp³-hybridized carbons (Fsp3) is 0.571. The monoisotopic (exact) mass is 284 g/mol. The molecule has 1 aromatic rings. The van der Waals surface area contributed by atoms with E-state index in [0.717, 1.165) is 31.2 Å². The van der Waals surface area contributed by atoms with Crippen LogP contribution in [-0.2, 0) is 0 Å². The minimum Gasteiger partial charge on any atom is -0.369 e. The summed E-state index contributed by atoms with van der Waals surface area (Å²) in [6.07, 6.45) is 0. The molecule has 1 aliphatic rings. The molecule has 0 saturated carbocycles. The van der Waals surface area contributed by atoms with Crippen molar-refractivity contribution in [2.45, 2.75) is 6.92 Å². The molecule has 1 heterocycles. The summed E-state index contributed by atoms with van der Waals surface area (Å²) in [5.41, 5.74) is 1.25. The largest absolute Gasteiger partial charge is 0.369 e. The first-order chi connectivity index (χ1) is 8.79. The minimum absolute atomic E-state index is 0.828. The fourth-order valence-corrected chi connectivity index (χ4v) is 3.10. The van der Waals surface area contributed by atoms with Gasteiger partial charge < -0.3 is 4.90 Å². The number of rotatable bonds is 5. The molecule has 0 amide bonds. The van der Waals surface area contributed by atoms with Crippen LogP contribution in [0.4, 0.5) is 5.69 Å². The lowest BCUT2D eigenvalue weighted by atomic mass is 10.2. The molecule has 1 aliphatic heterocycles. The van der Waals surface area contributed by atoms with Gasteiger partial charge in [0.25, 0.3) is 0 Å². The number of hydrogen-bond donors (Lipinski definition) is 0. The lowest BCUT2D eigenvalue weighted by molar-refractivity contribution is 0.273. The zero-order valence-electron chi connectivity index (χ0n) is 10.9. The van der Waals surface area contributed by atoms with E-state index in [-0.39, 0.29) is 0 Å². The summed E-state index contributed by atoms with van der Waals surface area (Å²) in [7, 11) is 0. The molecule has 0 aromatic heterocycles. The predicted molar refractivity (Wildman–Crippen MR) is 83.1 cm³/mol. The van der Waals surface area contributed by atoms with Gasteiger partial charge in [0.15, 0.2) is 0 Å². The molecule has 0 radical (unpaired) electrons. The second kappa shape index (κ2) is 7.27. The van der Waals surface area contributed by atoms with Gasteiger partial charge in [-0.25, -0.2) is 0 Å². The van der Waals surface area contributed by atoms with E-state index in [9.17, 15) is 0 Å². The van der Waals surface area contributed by atoms with Gasteiger partial charge in [0.2, 0.25) is 0 Å². The van der Waals surface area contributed by atoms with Gasteiger partial charge in [-0.15, -0.1) is 0 Å². The second-order valence-electron chi connectivity index (χ2n) is 4.51. The van der Waals surface area contributed by atoms with Gasteiger partial charge in [0.1, 0.15) is 0 Å². The van der Waals surface area contributed by atoms with Crippen LogP contribution in [0.15, 0.2) is 24.3 Å². The predicted octanol–water partition coefficient (Wildman–Crippen LogP) is 3.22. The first kappa shape index (κ1) is 14.0. The van der Waals surface area contributed by atoms with Gasteiger partial charge in [-0.2, -0.15) is 11.8 Å². The molecule has 1 saturated heterocycles. The van der Waals surface area contributed by atoms with Crippen molar-refractivity contribution >= 4 is 29.1 Å². The highest BCUT2D eigenvalue weighted by atomic mass is 35.5. The van der Waals surface area contributed by atoms with Crippen LogP contribution in [0.25, 0.3) is 0 Å². The normalized spacial score (nSPS) is 17.1. The number of thioether (sulfide) groups is 1. The van der Waals surface area contributed by atoms with E-state index in [1.54, 1.807) is 0 Å². The van der Waals surface area contributed by atoms with E-state index in [4.69, 9.17) is 11.6 Å². The Hall–Kier alpha value is -0.380. The topological polar surface area (TPSA) is 6.48 Å². The SMILES string of the molecule is CCSCCN1CCN(c2cccc(Cl)c2)CC1. The van der Waals surface area contributed by atoms with Gasteiger partial charge in [-0.05, 0) is 24.0 Å². The van der Waals surface area contributed by atoms with Crippen LogP contribution in [0, 0.1) is 0 Å². The maximum atomic E-state index is 6.04. The summed E-state index contributed by atoms with van der Waals surface area (Å²) >= 11 is 8.07. The average Bonchev–Trinajstić information content (AvgIpc) is 2.40. The highest BCUT2D eigenvalue weighted by Crippen LogP contribution is 2.20. The maximum absolute atomic E-state index is 6.04. The first-order valence-electron chi connectivity index (χ1n) is 6.60. The Balaban J connectivity index is 1.79. The number of hydrogen-bond acceptors (Lipinski definition) is 3. The Morgan fingerprint density at radius 2 is 2.00 bits per heavy atom. The van der Waals surface area contributed by atoms with E-state index >= 15 is 0 Å². The van der Waals surface area contributed by atoms with Crippen LogP contribution in [0.1, 0.15) is 6.92 Å². The van der Waals surface area contributed by atoms with Gasteiger partial charge >= 0.3 is 0 Å². The Bertz CT molecular complexity index is 365. The Morgan fingerprint density at radius 1 is 1.22 bits per heavy atom. The van der Waals surface area contributed by atoms with Gasteiger partial charge in [0, 0.05) is 49.2 Å². The molecule has 100 valence electrons. The summed E-state index contributed by atoms with van der Waals surface area (Å²) in [5.74, 6) is 2.48.